The number of esters is 1. The van der Waals surface area contributed by atoms with Crippen LogP contribution in [0.2, 0.25) is 0 Å². The smallest absolute Gasteiger partial charge is 0.326 e. The van der Waals surface area contributed by atoms with Crippen molar-refractivity contribution in [3.63, 3.8) is 0 Å². The highest BCUT2D eigenvalue weighted by atomic mass is 32.2. The van der Waals surface area contributed by atoms with Crippen LogP contribution in [-0.2, 0) is 20.9 Å². The highest BCUT2D eigenvalue weighted by Gasteiger charge is 2.36. The Hall–Kier alpha value is -3.77. The summed E-state index contributed by atoms with van der Waals surface area (Å²) in [7, 11) is 1.49. The minimum Gasteiger partial charge on any atom is -0.493 e. The van der Waals surface area contributed by atoms with E-state index in [1.54, 1.807) is 36.4 Å². The zero-order chi connectivity index (χ0) is 24.7. The normalized spacial score (nSPS) is 14.4. The van der Waals surface area contributed by atoms with Crippen LogP contribution in [0.4, 0.5) is 4.79 Å². The van der Waals surface area contributed by atoms with Gasteiger partial charge in [-0.3, -0.25) is 19.3 Å². The number of benzene rings is 2. The van der Waals surface area contributed by atoms with E-state index in [0.717, 1.165) is 22.2 Å². The van der Waals surface area contributed by atoms with Crippen molar-refractivity contribution in [1.29, 1.82) is 5.26 Å². The van der Waals surface area contributed by atoms with Crippen molar-refractivity contribution < 1.29 is 28.6 Å². The second kappa shape index (κ2) is 11.4. The van der Waals surface area contributed by atoms with Gasteiger partial charge in [0.25, 0.3) is 11.1 Å². The van der Waals surface area contributed by atoms with E-state index in [1.807, 2.05) is 26.0 Å². The number of thioether (sulfide) groups is 1. The lowest BCUT2D eigenvalue weighted by molar-refractivity contribution is -0.147. The van der Waals surface area contributed by atoms with Gasteiger partial charge in [0.15, 0.2) is 11.5 Å². The standard InChI is InChI=1S/C25H24N2O6S/c1-16(2)14-33-23(28)13-27-24(29)22(34-25(27)30)11-17-8-9-20(21(10-17)31-3)32-15-19-7-5-4-6-18(19)12-26/h4-11,16H,13-15H2,1-3H3/b22-11-. The second-order valence-corrected chi connectivity index (χ2v) is 8.81. The van der Waals surface area contributed by atoms with Gasteiger partial charge in [-0.15, -0.1) is 0 Å². The van der Waals surface area contributed by atoms with Gasteiger partial charge in [-0.25, -0.2) is 0 Å². The fourth-order valence-electron chi connectivity index (χ4n) is 3.03. The van der Waals surface area contributed by atoms with Gasteiger partial charge in [0.2, 0.25) is 0 Å². The Morgan fingerprint density at radius 3 is 2.65 bits per heavy atom. The number of hydrogen-bond donors (Lipinski definition) is 0. The van der Waals surface area contributed by atoms with Gasteiger partial charge in [0.1, 0.15) is 13.2 Å². The minimum absolute atomic E-state index is 0.154. The van der Waals surface area contributed by atoms with Gasteiger partial charge < -0.3 is 14.2 Å². The molecule has 0 bridgehead atoms. The first-order valence-corrected chi connectivity index (χ1v) is 11.3. The summed E-state index contributed by atoms with van der Waals surface area (Å²) < 4.78 is 16.3. The molecule has 9 heteroatoms. The molecule has 1 heterocycles. The van der Waals surface area contributed by atoms with E-state index in [-0.39, 0.29) is 24.0 Å². The maximum atomic E-state index is 12.7. The van der Waals surface area contributed by atoms with Crippen molar-refractivity contribution in [3.8, 4) is 17.6 Å². The third-order valence-electron chi connectivity index (χ3n) is 4.74. The number of carbonyl (C=O) groups is 3. The average Bonchev–Trinajstić information content (AvgIpc) is 3.09. The van der Waals surface area contributed by atoms with Gasteiger partial charge in [-0.1, -0.05) is 38.1 Å². The Balaban J connectivity index is 1.71. The fourth-order valence-corrected chi connectivity index (χ4v) is 3.86. The Bertz CT molecular complexity index is 1170. The molecule has 0 radical (unpaired) electrons. The topological polar surface area (TPSA) is 106 Å². The molecule has 0 spiro atoms. The molecular weight excluding hydrogens is 456 g/mol. The van der Waals surface area contributed by atoms with Crippen molar-refractivity contribution in [2.45, 2.75) is 20.5 Å². The van der Waals surface area contributed by atoms with Crippen molar-refractivity contribution in [1.82, 2.24) is 4.90 Å². The van der Waals surface area contributed by atoms with Crippen LogP contribution in [0.5, 0.6) is 11.5 Å². The summed E-state index contributed by atoms with van der Waals surface area (Å²) >= 11 is 0.760. The first-order valence-electron chi connectivity index (χ1n) is 10.5. The maximum absolute atomic E-state index is 12.7. The SMILES string of the molecule is COc1cc(/C=C2\SC(=O)N(CC(=O)OCC(C)C)C2=O)ccc1OCc1ccccc1C#N. The first kappa shape index (κ1) is 24.9. The summed E-state index contributed by atoms with van der Waals surface area (Å²) in [6.07, 6.45) is 1.56. The molecule has 0 N–H and O–H groups in total. The minimum atomic E-state index is -0.626. The highest BCUT2D eigenvalue weighted by Crippen LogP contribution is 2.34. The number of amides is 2. The van der Waals surface area contributed by atoms with E-state index >= 15 is 0 Å². The third-order valence-corrected chi connectivity index (χ3v) is 5.65. The zero-order valence-corrected chi connectivity index (χ0v) is 19.9. The molecule has 0 aromatic heterocycles. The Morgan fingerprint density at radius 1 is 1.18 bits per heavy atom. The molecule has 3 rings (SSSR count). The number of rotatable bonds is 9. The molecule has 34 heavy (non-hydrogen) atoms. The number of methoxy groups -OCH3 is 1. The van der Waals surface area contributed by atoms with Gasteiger partial charge in [-0.2, -0.15) is 5.26 Å². The molecular formula is C25H24N2O6S. The van der Waals surface area contributed by atoms with Crippen molar-refractivity contribution in [2.75, 3.05) is 20.3 Å². The maximum Gasteiger partial charge on any atom is 0.326 e. The molecule has 1 saturated heterocycles. The van der Waals surface area contributed by atoms with Crippen LogP contribution in [0.15, 0.2) is 47.4 Å². The van der Waals surface area contributed by atoms with Gasteiger partial charge in [0, 0.05) is 5.56 Å². The lowest BCUT2D eigenvalue weighted by Gasteiger charge is -2.13. The first-order chi connectivity index (χ1) is 16.3. The van der Waals surface area contributed by atoms with Crippen LogP contribution in [-0.4, -0.2) is 42.3 Å². The number of hydrogen-bond acceptors (Lipinski definition) is 8. The fraction of sp³-hybridized carbons (Fsp3) is 0.280. The molecule has 176 valence electrons. The van der Waals surface area contributed by atoms with Crippen LogP contribution in [0.25, 0.3) is 6.08 Å². The van der Waals surface area contributed by atoms with E-state index in [4.69, 9.17) is 14.2 Å². The highest BCUT2D eigenvalue weighted by molar-refractivity contribution is 8.18. The van der Waals surface area contributed by atoms with Crippen LogP contribution >= 0.6 is 11.8 Å². The second-order valence-electron chi connectivity index (χ2n) is 7.81. The number of nitrogens with zero attached hydrogens (tertiary/aromatic N) is 2. The number of imide groups is 1. The Morgan fingerprint density at radius 2 is 1.94 bits per heavy atom. The summed E-state index contributed by atoms with van der Waals surface area (Å²) in [5.74, 6) is -0.128. The largest absolute Gasteiger partial charge is 0.493 e. The van der Waals surface area contributed by atoms with Crippen molar-refractivity contribution in [2.24, 2.45) is 5.92 Å². The third kappa shape index (κ3) is 6.17. The molecule has 2 amide bonds. The monoisotopic (exact) mass is 480 g/mol. The van der Waals surface area contributed by atoms with Crippen molar-refractivity contribution >= 4 is 35.0 Å². The Kier molecular flexibility index (Phi) is 8.33. The van der Waals surface area contributed by atoms with Crippen LogP contribution in [0, 0.1) is 17.2 Å². The van der Waals surface area contributed by atoms with Crippen LogP contribution in [0.3, 0.4) is 0 Å². The summed E-state index contributed by atoms with van der Waals surface area (Å²) in [6.45, 7) is 3.78. The lowest BCUT2D eigenvalue weighted by atomic mass is 10.1. The van der Waals surface area contributed by atoms with E-state index in [0.29, 0.717) is 22.6 Å². The molecule has 1 aliphatic heterocycles. The molecule has 1 fully saturated rings. The molecule has 8 nitrogen and oxygen atoms in total. The quantitative estimate of drug-likeness (QED) is 0.385. The van der Waals surface area contributed by atoms with Gasteiger partial charge in [0.05, 0.1) is 30.3 Å². The molecule has 0 aliphatic carbocycles. The molecule has 2 aromatic carbocycles. The van der Waals surface area contributed by atoms with E-state index < -0.39 is 23.7 Å². The average molecular weight is 481 g/mol. The summed E-state index contributed by atoms with van der Waals surface area (Å²) in [5, 5.41) is 8.70. The van der Waals surface area contributed by atoms with E-state index in [2.05, 4.69) is 6.07 Å². The number of ether oxygens (including phenoxy) is 3. The van der Waals surface area contributed by atoms with Crippen LogP contribution < -0.4 is 9.47 Å². The number of nitriles is 1. The summed E-state index contributed by atoms with van der Waals surface area (Å²) in [6, 6.07) is 14.4. The molecule has 0 atom stereocenters. The predicted octanol–water partition coefficient (Wildman–Crippen LogP) is 4.38. The predicted molar refractivity (Wildman–Crippen MR) is 127 cm³/mol. The van der Waals surface area contributed by atoms with E-state index in [1.165, 1.54) is 7.11 Å². The van der Waals surface area contributed by atoms with Gasteiger partial charge >= 0.3 is 5.97 Å². The van der Waals surface area contributed by atoms with Gasteiger partial charge in [-0.05, 0) is 47.5 Å². The zero-order valence-electron chi connectivity index (χ0n) is 19.1. The summed E-state index contributed by atoms with van der Waals surface area (Å²) in [5.41, 5.74) is 1.90. The molecule has 2 aromatic rings. The Labute approximate surface area is 202 Å². The number of carbonyl (C=O) groups excluding carboxylic acids is 3. The van der Waals surface area contributed by atoms with Crippen molar-refractivity contribution in [3.05, 3.63) is 64.1 Å². The molecule has 0 saturated carbocycles. The molecule has 0 unspecified atom stereocenters. The summed E-state index contributed by atoms with van der Waals surface area (Å²) in [4.78, 5) is 37.9. The van der Waals surface area contributed by atoms with Crippen LogP contribution in [0.1, 0.15) is 30.5 Å². The lowest BCUT2D eigenvalue weighted by Crippen LogP contribution is -2.34. The molecule has 1 aliphatic rings. The van der Waals surface area contributed by atoms with E-state index in [9.17, 15) is 19.6 Å².